The normalized spacial score (nSPS) is 14.7. The SMILES string of the molecule is Cc1ccccc1CN(C)C(=O)CN1C(=O)C(=O)N(CC(C)C)C1=O. The predicted octanol–water partition coefficient (Wildman–Crippen LogP) is 1.40. The van der Waals surface area contributed by atoms with Crippen molar-refractivity contribution in [3.05, 3.63) is 35.4 Å². The molecule has 1 aromatic carbocycles. The van der Waals surface area contributed by atoms with Crippen LogP contribution in [0, 0.1) is 12.8 Å². The minimum absolute atomic E-state index is 0.0417. The second-order valence-corrected chi connectivity index (χ2v) is 6.66. The number of aryl methyl sites for hydroxylation is 1. The van der Waals surface area contributed by atoms with E-state index < -0.39 is 30.3 Å². The zero-order valence-electron chi connectivity index (χ0n) is 15.0. The first-order valence-corrected chi connectivity index (χ1v) is 8.18. The van der Waals surface area contributed by atoms with Crippen molar-refractivity contribution in [2.45, 2.75) is 27.3 Å². The van der Waals surface area contributed by atoms with E-state index in [9.17, 15) is 19.2 Å². The van der Waals surface area contributed by atoms with Crippen LogP contribution in [0.3, 0.4) is 0 Å². The third-order valence-electron chi connectivity index (χ3n) is 4.07. The molecule has 0 spiro atoms. The molecular weight excluding hydrogens is 322 g/mol. The summed E-state index contributed by atoms with van der Waals surface area (Å²) < 4.78 is 0. The van der Waals surface area contributed by atoms with Gasteiger partial charge in [0.2, 0.25) is 5.91 Å². The molecule has 1 saturated heterocycles. The van der Waals surface area contributed by atoms with Gasteiger partial charge in [-0.05, 0) is 24.0 Å². The Kier molecular flexibility index (Phi) is 5.56. The Labute approximate surface area is 147 Å². The van der Waals surface area contributed by atoms with Crippen LogP contribution in [0.5, 0.6) is 0 Å². The van der Waals surface area contributed by atoms with Crippen molar-refractivity contribution < 1.29 is 19.2 Å². The maximum absolute atomic E-state index is 12.4. The van der Waals surface area contributed by atoms with Crippen LogP contribution in [0.25, 0.3) is 0 Å². The van der Waals surface area contributed by atoms with Crippen LogP contribution in [-0.4, -0.2) is 58.6 Å². The zero-order chi connectivity index (χ0) is 18.7. The fourth-order valence-corrected chi connectivity index (χ4v) is 2.60. The summed E-state index contributed by atoms with van der Waals surface area (Å²) in [5.74, 6) is -2.17. The molecular formula is C18H23N3O4. The molecule has 134 valence electrons. The molecule has 7 heteroatoms. The van der Waals surface area contributed by atoms with Crippen LogP contribution in [-0.2, 0) is 20.9 Å². The van der Waals surface area contributed by atoms with Crippen molar-refractivity contribution in [1.29, 1.82) is 0 Å². The number of carbonyl (C=O) groups excluding carboxylic acids is 4. The fraction of sp³-hybridized carbons (Fsp3) is 0.444. The van der Waals surface area contributed by atoms with Gasteiger partial charge in [0.15, 0.2) is 0 Å². The molecule has 0 atom stereocenters. The van der Waals surface area contributed by atoms with E-state index in [0.717, 1.165) is 20.9 Å². The van der Waals surface area contributed by atoms with E-state index in [1.165, 1.54) is 4.90 Å². The maximum Gasteiger partial charge on any atom is 0.334 e. The molecule has 1 heterocycles. The van der Waals surface area contributed by atoms with Gasteiger partial charge in [-0.15, -0.1) is 0 Å². The molecule has 1 aromatic rings. The smallest absolute Gasteiger partial charge is 0.334 e. The van der Waals surface area contributed by atoms with Gasteiger partial charge in [0, 0.05) is 20.1 Å². The molecule has 1 aliphatic heterocycles. The first-order valence-electron chi connectivity index (χ1n) is 8.18. The van der Waals surface area contributed by atoms with Gasteiger partial charge in [0.05, 0.1) is 0 Å². The second-order valence-electron chi connectivity index (χ2n) is 6.66. The minimum Gasteiger partial charge on any atom is -0.340 e. The number of benzene rings is 1. The molecule has 2 rings (SSSR count). The molecule has 1 fully saturated rings. The number of hydrogen-bond acceptors (Lipinski definition) is 4. The molecule has 0 aromatic heterocycles. The highest BCUT2D eigenvalue weighted by molar-refractivity contribution is 6.45. The number of likely N-dealkylation sites (N-methyl/N-ethyl adjacent to an activating group) is 1. The van der Waals surface area contributed by atoms with Gasteiger partial charge in [-0.2, -0.15) is 0 Å². The van der Waals surface area contributed by atoms with Gasteiger partial charge in [-0.25, -0.2) is 9.69 Å². The lowest BCUT2D eigenvalue weighted by molar-refractivity contribution is -0.144. The minimum atomic E-state index is -0.941. The van der Waals surface area contributed by atoms with Crippen LogP contribution in [0.15, 0.2) is 24.3 Å². The van der Waals surface area contributed by atoms with Crippen molar-refractivity contribution in [2.75, 3.05) is 20.1 Å². The Morgan fingerprint density at radius 2 is 1.68 bits per heavy atom. The molecule has 7 nitrogen and oxygen atoms in total. The number of carbonyl (C=O) groups is 4. The van der Waals surface area contributed by atoms with Crippen LogP contribution < -0.4 is 0 Å². The lowest BCUT2D eigenvalue weighted by Gasteiger charge is -2.21. The highest BCUT2D eigenvalue weighted by atomic mass is 16.2. The van der Waals surface area contributed by atoms with Gasteiger partial charge in [-0.3, -0.25) is 19.3 Å². The van der Waals surface area contributed by atoms with Crippen molar-refractivity contribution in [1.82, 2.24) is 14.7 Å². The molecule has 0 radical (unpaired) electrons. The van der Waals surface area contributed by atoms with E-state index >= 15 is 0 Å². The predicted molar refractivity (Wildman–Crippen MR) is 91.3 cm³/mol. The maximum atomic E-state index is 12.4. The standard InChI is InChI=1S/C18H23N3O4/c1-12(2)9-20-16(23)17(24)21(18(20)25)11-15(22)19(4)10-14-8-6-5-7-13(14)3/h5-8,12H,9-11H2,1-4H3. The van der Waals surface area contributed by atoms with Gasteiger partial charge in [0.25, 0.3) is 0 Å². The summed E-state index contributed by atoms with van der Waals surface area (Å²) in [6.07, 6.45) is 0. The van der Waals surface area contributed by atoms with Crippen LogP contribution in [0.1, 0.15) is 25.0 Å². The Hall–Kier alpha value is -2.70. The number of imide groups is 2. The van der Waals surface area contributed by atoms with E-state index in [4.69, 9.17) is 0 Å². The van der Waals surface area contributed by atoms with Crippen molar-refractivity contribution in [2.24, 2.45) is 5.92 Å². The number of nitrogens with zero attached hydrogens (tertiary/aromatic N) is 3. The third-order valence-corrected chi connectivity index (χ3v) is 4.07. The highest BCUT2D eigenvalue weighted by Gasteiger charge is 2.45. The molecule has 0 unspecified atom stereocenters. The number of hydrogen-bond donors (Lipinski definition) is 0. The summed E-state index contributed by atoms with van der Waals surface area (Å²) in [5, 5.41) is 0. The van der Waals surface area contributed by atoms with Crippen LogP contribution in [0.4, 0.5) is 4.79 Å². The average molecular weight is 345 g/mol. The van der Waals surface area contributed by atoms with E-state index in [1.54, 1.807) is 7.05 Å². The number of urea groups is 1. The van der Waals surface area contributed by atoms with E-state index in [1.807, 2.05) is 45.0 Å². The first kappa shape index (κ1) is 18.6. The summed E-state index contributed by atoms with van der Waals surface area (Å²) in [4.78, 5) is 51.7. The molecule has 1 aliphatic rings. The molecule has 25 heavy (non-hydrogen) atoms. The van der Waals surface area contributed by atoms with Gasteiger partial charge >= 0.3 is 17.8 Å². The summed E-state index contributed by atoms with van der Waals surface area (Å²) in [7, 11) is 1.60. The highest BCUT2D eigenvalue weighted by Crippen LogP contribution is 2.15. The van der Waals surface area contributed by atoms with Crippen molar-refractivity contribution in [3.8, 4) is 0 Å². The quantitative estimate of drug-likeness (QED) is 0.577. The van der Waals surface area contributed by atoms with E-state index in [2.05, 4.69) is 0 Å². The van der Waals surface area contributed by atoms with Crippen LogP contribution >= 0.6 is 0 Å². The molecule has 5 amide bonds. The average Bonchev–Trinajstić information content (AvgIpc) is 2.74. The topological polar surface area (TPSA) is 78.0 Å². The second kappa shape index (κ2) is 7.46. The number of amides is 5. The summed E-state index contributed by atoms with van der Waals surface area (Å²) in [6, 6.07) is 6.94. The summed E-state index contributed by atoms with van der Waals surface area (Å²) in [5.41, 5.74) is 2.03. The Morgan fingerprint density at radius 1 is 1.08 bits per heavy atom. The Balaban J connectivity index is 2.04. The van der Waals surface area contributed by atoms with E-state index in [-0.39, 0.29) is 12.5 Å². The zero-order valence-corrected chi connectivity index (χ0v) is 15.0. The Morgan fingerprint density at radius 3 is 2.28 bits per heavy atom. The van der Waals surface area contributed by atoms with Crippen molar-refractivity contribution in [3.63, 3.8) is 0 Å². The number of rotatable bonds is 6. The van der Waals surface area contributed by atoms with Gasteiger partial charge < -0.3 is 4.90 Å². The molecule has 0 N–H and O–H groups in total. The molecule has 0 bridgehead atoms. The summed E-state index contributed by atoms with van der Waals surface area (Å²) >= 11 is 0. The lowest BCUT2D eigenvalue weighted by atomic mass is 10.1. The van der Waals surface area contributed by atoms with Crippen molar-refractivity contribution >= 4 is 23.8 Å². The third kappa shape index (κ3) is 4.04. The first-order chi connectivity index (χ1) is 11.7. The summed E-state index contributed by atoms with van der Waals surface area (Å²) in [6.45, 7) is 5.73. The monoisotopic (exact) mass is 345 g/mol. The Bertz CT molecular complexity index is 714. The molecule has 0 aliphatic carbocycles. The van der Waals surface area contributed by atoms with E-state index in [0.29, 0.717) is 6.54 Å². The largest absolute Gasteiger partial charge is 0.340 e. The molecule has 0 saturated carbocycles. The van der Waals surface area contributed by atoms with Gasteiger partial charge in [-0.1, -0.05) is 38.1 Å². The van der Waals surface area contributed by atoms with Gasteiger partial charge in [0.1, 0.15) is 6.54 Å². The fourth-order valence-electron chi connectivity index (χ4n) is 2.60. The lowest BCUT2D eigenvalue weighted by Crippen LogP contribution is -2.42. The van der Waals surface area contributed by atoms with Crippen LogP contribution in [0.2, 0.25) is 0 Å².